The lowest BCUT2D eigenvalue weighted by atomic mass is 9.65. The van der Waals surface area contributed by atoms with Crippen LogP contribution in [0.1, 0.15) is 92.9 Å². The molecule has 6 heteroatoms. The van der Waals surface area contributed by atoms with Crippen molar-refractivity contribution in [1.29, 1.82) is 0 Å². The van der Waals surface area contributed by atoms with Gasteiger partial charge in [0.1, 0.15) is 12.2 Å². The van der Waals surface area contributed by atoms with Gasteiger partial charge in [0.25, 0.3) is 0 Å². The lowest BCUT2D eigenvalue weighted by molar-refractivity contribution is -0.166. The molecule has 0 unspecified atom stereocenters. The molecule has 200 valence electrons. The Kier molecular flexibility index (Phi) is 11.5. The summed E-state index contributed by atoms with van der Waals surface area (Å²) in [5, 5.41) is 9.92. The molecule has 1 fully saturated rings. The van der Waals surface area contributed by atoms with E-state index in [9.17, 15) is 14.7 Å². The lowest BCUT2D eigenvalue weighted by Crippen LogP contribution is -2.43. The van der Waals surface area contributed by atoms with E-state index >= 15 is 0 Å². The second-order valence-corrected chi connectivity index (χ2v) is 11.4. The van der Waals surface area contributed by atoms with Crippen molar-refractivity contribution in [3.8, 4) is 0 Å². The molecule has 0 bridgehead atoms. The summed E-state index contributed by atoms with van der Waals surface area (Å²) < 4.78 is 11.6. The molecule has 1 heterocycles. The van der Waals surface area contributed by atoms with Gasteiger partial charge in [0, 0.05) is 12.3 Å². The van der Waals surface area contributed by atoms with Gasteiger partial charge < -0.3 is 20.3 Å². The first kappa shape index (κ1) is 29.6. The predicted molar refractivity (Wildman–Crippen MR) is 140 cm³/mol. The van der Waals surface area contributed by atoms with Crippen LogP contribution < -0.4 is 0 Å². The van der Waals surface area contributed by atoms with Crippen LogP contribution in [0.2, 0.25) is 0 Å². The van der Waals surface area contributed by atoms with Crippen LogP contribution in [0, 0.1) is 29.1 Å². The minimum Gasteiger partial charge on any atom is -0.677 e. The second-order valence-electron chi connectivity index (χ2n) is 11.4. The molecular formula is C29H48NO5-. The molecule has 7 atom stereocenters. The molecule has 6 nitrogen and oxygen atoms in total. The highest BCUT2D eigenvalue weighted by atomic mass is 16.6. The maximum Gasteiger partial charge on any atom is 0.311 e. The Morgan fingerprint density at radius 1 is 1.23 bits per heavy atom. The number of cyclic esters (lactones) is 1. The molecule has 1 aliphatic heterocycles. The standard InChI is InChI=1S/C25H38O5.C4H10N/c1-6-25(4,5)24(28)30-21-12-15(2)11-17-8-7-16(3)20(23(17)21)10-9-19-13-18(26)14-22(27)29-19;1-2-3-4-5/h7-8,11,15-16,18-21,23,26H,6,9-10,12-14H2,1-5H3;5H,2-4H2,1H3/q;-1/t15-,16-,18+,19+,20-,21-,23-;/m0./s1. The minimum absolute atomic E-state index is 0.0949. The molecule has 3 aliphatic rings. The van der Waals surface area contributed by atoms with Crippen LogP contribution in [0.3, 0.4) is 0 Å². The van der Waals surface area contributed by atoms with Gasteiger partial charge in [-0.2, -0.15) is 6.54 Å². The van der Waals surface area contributed by atoms with E-state index in [-0.39, 0.29) is 36.5 Å². The number of ether oxygens (including phenoxy) is 2. The van der Waals surface area contributed by atoms with Gasteiger partial charge in [-0.05, 0) is 62.9 Å². The number of esters is 2. The lowest BCUT2D eigenvalue weighted by Gasteiger charge is -2.44. The monoisotopic (exact) mass is 490 g/mol. The van der Waals surface area contributed by atoms with Crippen LogP contribution in [0.4, 0.5) is 0 Å². The van der Waals surface area contributed by atoms with Crippen LogP contribution >= 0.6 is 0 Å². The first-order valence-corrected chi connectivity index (χ1v) is 13.6. The zero-order valence-corrected chi connectivity index (χ0v) is 22.7. The number of hydrogen-bond acceptors (Lipinski definition) is 5. The Labute approximate surface area is 212 Å². The number of aliphatic hydroxyl groups is 1. The average molecular weight is 491 g/mol. The Morgan fingerprint density at radius 2 is 1.94 bits per heavy atom. The van der Waals surface area contributed by atoms with Crippen LogP contribution in [-0.4, -0.2) is 41.9 Å². The topological polar surface area (TPSA) is 96.6 Å². The summed E-state index contributed by atoms with van der Waals surface area (Å²) in [6.45, 7) is 13.0. The summed E-state index contributed by atoms with van der Waals surface area (Å²) in [6, 6.07) is 0. The highest BCUT2D eigenvalue weighted by molar-refractivity contribution is 5.76. The fourth-order valence-corrected chi connectivity index (χ4v) is 5.26. The second kappa shape index (κ2) is 13.6. The maximum atomic E-state index is 12.9. The molecule has 0 spiro atoms. The molecule has 0 radical (unpaired) electrons. The fourth-order valence-electron chi connectivity index (χ4n) is 5.26. The highest BCUT2D eigenvalue weighted by Crippen LogP contribution is 2.45. The van der Waals surface area contributed by atoms with Crippen LogP contribution in [0.25, 0.3) is 5.73 Å². The number of fused-ring (bicyclic) bond motifs is 1. The number of unbranched alkanes of at least 4 members (excludes halogenated alkanes) is 1. The summed E-state index contributed by atoms with van der Waals surface area (Å²) in [5.74, 6) is 0.776. The fraction of sp³-hybridized carbons (Fsp3) is 0.793. The summed E-state index contributed by atoms with van der Waals surface area (Å²) in [4.78, 5) is 24.6. The molecule has 2 N–H and O–H groups in total. The smallest absolute Gasteiger partial charge is 0.311 e. The molecule has 1 saturated heterocycles. The normalized spacial score (nSPS) is 32.5. The van der Waals surface area contributed by atoms with Crippen LogP contribution in [0.15, 0.2) is 23.8 Å². The van der Waals surface area contributed by atoms with Crippen LogP contribution in [-0.2, 0) is 19.1 Å². The first-order chi connectivity index (χ1) is 16.5. The molecule has 3 rings (SSSR count). The molecule has 2 aliphatic carbocycles. The van der Waals surface area contributed by atoms with E-state index in [0.717, 1.165) is 38.5 Å². The average Bonchev–Trinajstić information content (AvgIpc) is 2.78. The van der Waals surface area contributed by atoms with E-state index in [1.165, 1.54) is 5.57 Å². The molecule has 35 heavy (non-hydrogen) atoms. The van der Waals surface area contributed by atoms with Crippen molar-refractivity contribution in [3.63, 3.8) is 0 Å². The van der Waals surface area contributed by atoms with E-state index in [4.69, 9.17) is 15.2 Å². The zero-order valence-electron chi connectivity index (χ0n) is 22.7. The van der Waals surface area contributed by atoms with Gasteiger partial charge >= 0.3 is 11.9 Å². The molecule has 0 aromatic heterocycles. The van der Waals surface area contributed by atoms with E-state index in [1.54, 1.807) is 0 Å². The number of rotatable bonds is 8. The Hall–Kier alpha value is -1.66. The number of allylic oxidation sites excluding steroid dienone is 3. The van der Waals surface area contributed by atoms with Crippen LogP contribution in [0.5, 0.6) is 0 Å². The Morgan fingerprint density at radius 3 is 2.51 bits per heavy atom. The molecule has 0 aromatic rings. The summed E-state index contributed by atoms with van der Waals surface area (Å²) in [5.41, 5.74) is 7.39. The van der Waals surface area contributed by atoms with E-state index in [0.29, 0.717) is 30.7 Å². The third-order valence-corrected chi connectivity index (χ3v) is 7.88. The number of nitrogens with one attached hydrogen (secondary N) is 1. The van der Waals surface area contributed by atoms with E-state index < -0.39 is 11.5 Å². The third kappa shape index (κ3) is 8.45. The van der Waals surface area contributed by atoms with Gasteiger partial charge in [0.2, 0.25) is 0 Å². The number of hydrogen-bond donors (Lipinski definition) is 1. The minimum atomic E-state index is -0.601. The van der Waals surface area contributed by atoms with Gasteiger partial charge in [-0.25, -0.2) is 0 Å². The molecule has 0 amide bonds. The summed E-state index contributed by atoms with van der Waals surface area (Å²) >= 11 is 0. The van der Waals surface area contributed by atoms with Crippen molar-refractivity contribution in [1.82, 2.24) is 0 Å². The largest absolute Gasteiger partial charge is 0.677 e. The Balaban J connectivity index is 0.000000784. The SMILES string of the molecule is CCC(C)(C)C(=O)O[C@H]1C[C@@H](C)C=C2C=C[C@H](C)[C@H](CC[C@@H]3C[C@@H](O)CC(=O)O3)[C@H]21.CCCC[NH-]. The van der Waals surface area contributed by atoms with Gasteiger partial charge in [-0.15, -0.1) is 0 Å². The van der Waals surface area contributed by atoms with Crippen molar-refractivity contribution < 1.29 is 24.2 Å². The van der Waals surface area contributed by atoms with Crippen molar-refractivity contribution in [2.45, 2.75) is 111 Å². The molecule has 0 aromatic carbocycles. The summed E-state index contributed by atoms with van der Waals surface area (Å²) in [7, 11) is 0. The van der Waals surface area contributed by atoms with Gasteiger partial charge in [0.05, 0.1) is 17.9 Å². The molecular weight excluding hydrogens is 442 g/mol. The zero-order chi connectivity index (χ0) is 26.2. The number of carbonyl (C=O) groups excluding carboxylic acids is 2. The third-order valence-electron chi connectivity index (χ3n) is 7.88. The quantitative estimate of drug-likeness (QED) is 0.396. The predicted octanol–water partition coefficient (Wildman–Crippen LogP) is 6.42. The van der Waals surface area contributed by atoms with Gasteiger partial charge in [-0.3, -0.25) is 9.59 Å². The van der Waals surface area contributed by atoms with Gasteiger partial charge in [0.15, 0.2) is 0 Å². The number of carbonyl (C=O) groups is 2. The van der Waals surface area contributed by atoms with Crippen molar-refractivity contribution >= 4 is 11.9 Å². The van der Waals surface area contributed by atoms with E-state index in [2.05, 4.69) is 39.0 Å². The van der Waals surface area contributed by atoms with Crippen molar-refractivity contribution in [2.75, 3.05) is 6.54 Å². The Bertz CT molecular complexity index is 756. The van der Waals surface area contributed by atoms with Crippen molar-refractivity contribution in [2.24, 2.45) is 29.1 Å². The maximum absolute atomic E-state index is 12.9. The van der Waals surface area contributed by atoms with Gasteiger partial charge in [-0.1, -0.05) is 58.8 Å². The first-order valence-electron chi connectivity index (χ1n) is 13.6. The number of aliphatic hydroxyl groups excluding tert-OH is 1. The summed E-state index contributed by atoms with van der Waals surface area (Å²) in [6.07, 6.45) is 11.8. The molecule has 0 saturated carbocycles. The van der Waals surface area contributed by atoms with Crippen molar-refractivity contribution in [3.05, 3.63) is 29.5 Å². The highest BCUT2D eigenvalue weighted by Gasteiger charge is 2.43. The van der Waals surface area contributed by atoms with E-state index in [1.807, 2.05) is 20.8 Å².